The SMILES string of the molecule is Cc1ccc(-c2csc(NC(=O)C(C)NC(=O)OC(C)(C)C)n2)cc1. The maximum atomic E-state index is 12.2. The number of hydrogen-bond acceptors (Lipinski definition) is 5. The maximum Gasteiger partial charge on any atom is 0.408 e. The van der Waals surface area contributed by atoms with E-state index in [1.807, 2.05) is 36.6 Å². The molecular formula is C18H23N3O3S. The number of aryl methyl sites for hydroxylation is 1. The third-order valence-corrected chi connectivity index (χ3v) is 3.97. The molecule has 1 atom stereocenters. The van der Waals surface area contributed by atoms with Gasteiger partial charge in [0.15, 0.2) is 5.13 Å². The van der Waals surface area contributed by atoms with Gasteiger partial charge in [0.1, 0.15) is 11.6 Å². The zero-order chi connectivity index (χ0) is 18.6. The normalized spacial score (nSPS) is 12.4. The second-order valence-corrected chi connectivity index (χ2v) is 7.62. The van der Waals surface area contributed by atoms with Gasteiger partial charge in [-0.15, -0.1) is 11.3 Å². The predicted octanol–water partition coefficient (Wildman–Crippen LogP) is 3.97. The first-order valence-electron chi connectivity index (χ1n) is 7.97. The molecule has 1 unspecified atom stereocenters. The van der Waals surface area contributed by atoms with Crippen molar-refractivity contribution in [2.45, 2.75) is 46.3 Å². The number of nitrogens with zero attached hydrogens (tertiary/aromatic N) is 1. The molecule has 0 aliphatic heterocycles. The van der Waals surface area contributed by atoms with E-state index in [1.54, 1.807) is 27.7 Å². The number of hydrogen-bond donors (Lipinski definition) is 2. The molecule has 1 aromatic carbocycles. The van der Waals surface area contributed by atoms with Crippen LogP contribution >= 0.6 is 11.3 Å². The summed E-state index contributed by atoms with van der Waals surface area (Å²) in [6, 6.07) is 7.27. The van der Waals surface area contributed by atoms with Crippen LogP contribution in [0.2, 0.25) is 0 Å². The van der Waals surface area contributed by atoms with Gasteiger partial charge >= 0.3 is 6.09 Å². The predicted molar refractivity (Wildman–Crippen MR) is 99.7 cm³/mol. The van der Waals surface area contributed by atoms with Crippen molar-refractivity contribution in [3.05, 3.63) is 35.2 Å². The van der Waals surface area contributed by atoms with E-state index in [0.29, 0.717) is 5.13 Å². The Balaban J connectivity index is 1.94. The minimum atomic E-state index is -0.735. The lowest BCUT2D eigenvalue weighted by Crippen LogP contribution is -2.43. The highest BCUT2D eigenvalue weighted by Gasteiger charge is 2.21. The number of amides is 2. The van der Waals surface area contributed by atoms with Crippen LogP contribution in [-0.2, 0) is 9.53 Å². The molecule has 0 aliphatic rings. The van der Waals surface area contributed by atoms with Gasteiger partial charge in [0.05, 0.1) is 5.69 Å². The van der Waals surface area contributed by atoms with Gasteiger partial charge in [-0.05, 0) is 34.6 Å². The molecular weight excluding hydrogens is 338 g/mol. The molecule has 2 rings (SSSR count). The van der Waals surface area contributed by atoms with Crippen LogP contribution in [0.15, 0.2) is 29.6 Å². The number of rotatable bonds is 4. The Morgan fingerprint density at radius 1 is 1.20 bits per heavy atom. The van der Waals surface area contributed by atoms with Gasteiger partial charge in [-0.25, -0.2) is 9.78 Å². The lowest BCUT2D eigenvalue weighted by Gasteiger charge is -2.21. The minimum absolute atomic E-state index is 0.351. The van der Waals surface area contributed by atoms with Crippen molar-refractivity contribution in [1.82, 2.24) is 10.3 Å². The summed E-state index contributed by atoms with van der Waals surface area (Å²) in [6.45, 7) is 8.90. The standard InChI is InChI=1S/C18H23N3O3S/c1-11-6-8-13(9-7-11)14-10-25-16(20-14)21-15(22)12(2)19-17(23)24-18(3,4)5/h6-10,12H,1-5H3,(H,19,23)(H,20,21,22). The average Bonchev–Trinajstić information content (AvgIpc) is 2.94. The minimum Gasteiger partial charge on any atom is -0.444 e. The summed E-state index contributed by atoms with van der Waals surface area (Å²) >= 11 is 1.34. The Bertz CT molecular complexity index is 748. The second-order valence-electron chi connectivity index (χ2n) is 6.76. The fraction of sp³-hybridized carbons (Fsp3) is 0.389. The highest BCUT2D eigenvalue weighted by molar-refractivity contribution is 7.14. The van der Waals surface area contributed by atoms with Gasteiger partial charge in [0.2, 0.25) is 5.91 Å². The summed E-state index contributed by atoms with van der Waals surface area (Å²) in [5, 5.41) is 7.58. The lowest BCUT2D eigenvalue weighted by molar-refractivity contribution is -0.117. The summed E-state index contributed by atoms with van der Waals surface area (Å²) < 4.78 is 5.14. The molecule has 0 aliphatic carbocycles. The number of aromatic nitrogens is 1. The van der Waals surface area contributed by atoms with E-state index >= 15 is 0 Å². The van der Waals surface area contributed by atoms with E-state index < -0.39 is 17.7 Å². The number of ether oxygens (including phenoxy) is 1. The Morgan fingerprint density at radius 2 is 1.84 bits per heavy atom. The van der Waals surface area contributed by atoms with E-state index in [4.69, 9.17) is 4.74 Å². The number of anilines is 1. The molecule has 0 spiro atoms. The molecule has 0 saturated carbocycles. The molecule has 1 heterocycles. The summed E-state index contributed by atoms with van der Waals surface area (Å²) in [5.41, 5.74) is 2.35. The Hall–Kier alpha value is -2.41. The molecule has 2 N–H and O–H groups in total. The molecule has 2 amide bonds. The maximum absolute atomic E-state index is 12.2. The van der Waals surface area contributed by atoms with E-state index in [0.717, 1.165) is 11.3 Å². The first kappa shape index (κ1) is 18.9. The Morgan fingerprint density at radius 3 is 2.44 bits per heavy atom. The topological polar surface area (TPSA) is 80.3 Å². The van der Waals surface area contributed by atoms with Crippen LogP contribution < -0.4 is 10.6 Å². The van der Waals surface area contributed by atoms with Crippen molar-refractivity contribution in [2.75, 3.05) is 5.32 Å². The number of alkyl carbamates (subject to hydrolysis) is 1. The molecule has 7 heteroatoms. The monoisotopic (exact) mass is 361 g/mol. The summed E-state index contributed by atoms with van der Waals surface area (Å²) in [7, 11) is 0. The van der Waals surface area contributed by atoms with Crippen LogP contribution in [0.5, 0.6) is 0 Å². The van der Waals surface area contributed by atoms with E-state index in [1.165, 1.54) is 16.9 Å². The largest absolute Gasteiger partial charge is 0.444 e. The highest BCUT2D eigenvalue weighted by atomic mass is 32.1. The summed E-state index contributed by atoms with van der Waals surface area (Å²) in [6.07, 6.45) is -0.630. The van der Waals surface area contributed by atoms with Crippen LogP contribution in [-0.4, -0.2) is 28.6 Å². The number of benzene rings is 1. The summed E-state index contributed by atoms with van der Waals surface area (Å²) in [4.78, 5) is 28.3. The number of carbonyl (C=O) groups excluding carboxylic acids is 2. The first-order chi connectivity index (χ1) is 11.6. The van der Waals surface area contributed by atoms with Gasteiger partial charge in [0, 0.05) is 10.9 Å². The van der Waals surface area contributed by atoms with Crippen molar-refractivity contribution in [1.29, 1.82) is 0 Å². The van der Waals surface area contributed by atoms with Crippen LogP contribution in [0.25, 0.3) is 11.3 Å². The molecule has 2 aromatic rings. The van der Waals surface area contributed by atoms with Gasteiger partial charge in [0.25, 0.3) is 0 Å². The van der Waals surface area contributed by atoms with Crippen LogP contribution in [0.4, 0.5) is 9.93 Å². The molecule has 0 radical (unpaired) electrons. The molecule has 6 nitrogen and oxygen atoms in total. The van der Waals surface area contributed by atoms with Gasteiger partial charge in [-0.3, -0.25) is 4.79 Å². The smallest absolute Gasteiger partial charge is 0.408 e. The lowest BCUT2D eigenvalue weighted by atomic mass is 10.1. The zero-order valence-electron chi connectivity index (χ0n) is 15.0. The highest BCUT2D eigenvalue weighted by Crippen LogP contribution is 2.25. The van der Waals surface area contributed by atoms with Crippen molar-refractivity contribution in [2.24, 2.45) is 0 Å². The third kappa shape index (κ3) is 5.86. The molecule has 0 saturated heterocycles. The van der Waals surface area contributed by atoms with Crippen molar-refractivity contribution in [3.63, 3.8) is 0 Å². The second kappa shape index (κ2) is 7.65. The van der Waals surface area contributed by atoms with Crippen molar-refractivity contribution < 1.29 is 14.3 Å². The fourth-order valence-electron chi connectivity index (χ4n) is 1.95. The molecule has 25 heavy (non-hydrogen) atoms. The number of nitrogens with one attached hydrogen (secondary N) is 2. The number of carbonyl (C=O) groups is 2. The molecule has 134 valence electrons. The summed E-state index contributed by atoms with van der Waals surface area (Å²) in [5.74, 6) is -0.351. The average molecular weight is 361 g/mol. The Labute approximate surface area is 151 Å². The van der Waals surface area contributed by atoms with Gasteiger partial charge in [-0.1, -0.05) is 29.8 Å². The quantitative estimate of drug-likeness (QED) is 0.863. The zero-order valence-corrected chi connectivity index (χ0v) is 15.9. The van der Waals surface area contributed by atoms with Crippen LogP contribution in [0.3, 0.4) is 0 Å². The van der Waals surface area contributed by atoms with Gasteiger partial charge < -0.3 is 15.4 Å². The third-order valence-electron chi connectivity index (χ3n) is 3.21. The Kier molecular flexibility index (Phi) is 5.79. The van der Waals surface area contributed by atoms with Crippen molar-refractivity contribution in [3.8, 4) is 11.3 Å². The van der Waals surface area contributed by atoms with Crippen LogP contribution in [0, 0.1) is 6.92 Å². The van der Waals surface area contributed by atoms with Crippen molar-refractivity contribution >= 4 is 28.5 Å². The molecule has 0 fully saturated rings. The van der Waals surface area contributed by atoms with E-state index in [2.05, 4.69) is 15.6 Å². The fourth-order valence-corrected chi connectivity index (χ4v) is 2.67. The van der Waals surface area contributed by atoms with E-state index in [-0.39, 0.29) is 5.91 Å². The first-order valence-corrected chi connectivity index (χ1v) is 8.85. The molecule has 1 aromatic heterocycles. The van der Waals surface area contributed by atoms with Gasteiger partial charge in [-0.2, -0.15) is 0 Å². The molecule has 0 bridgehead atoms. The van der Waals surface area contributed by atoms with E-state index in [9.17, 15) is 9.59 Å². The number of thiazole rings is 1. The van der Waals surface area contributed by atoms with Crippen LogP contribution in [0.1, 0.15) is 33.3 Å².